The second-order valence-electron chi connectivity index (χ2n) is 5.57. The normalized spacial score (nSPS) is 16.1. The van der Waals surface area contributed by atoms with E-state index in [2.05, 4.69) is 12.2 Å². The van der Waals surface area contributed by atoms with Gasteiger partial charge in [-0.3, -0.25) is 9.69 Å². The van der Waals surface area contributed by atoms with E-state index < -0.39 is 0 Å². The van der Waals surface area contributed by atoms with Gasteiger partial charge in [0.2, 0.25) is 0 Å². The Balaban J connectivity index is 1.93. The molecule has 1 heterocycles. The van der Waals surface area contributed by atoms with Crippen molar-refractivity contribution in [1.82, 2.24) is 5.32 Å². The molecular formula is C19H18N2OS. The molecule has 1 N–H and O–H groups in total. The molecule has 2 aromatic rings. The molecule has 1 aliphatic heterocycles. The lowest BCUT2D eigenvalue weighted by Crippen LogP contribution is -2.30. The van der Waals surface area contributed by atoms with E-state index in [0.717, 1.165) is 23.2 Å². The van der Waals surface area contributed by atoms with Gasteiger partial charge in [-0.2, -0.15) is 0 Å². The highest BCUT2D eigenvalue weighted by molar-refractivity contribution is 7.80. The third-order valence-electron chi connectivity index (χ3n) is 3.81. The minimum absolute atomic E-state index is 0.121. The van der Waals surface area contributed by atoms with Crippen LogP contribution in [-0.2, 0) is 11.2 Å². The van der Waals surface area contributed by atoms with Crippen LogP contribution in [-0.4, -0.2) is 11.0 Å². The number of hydrogen-bond acceptors (Lipinski definition) is 2. The van der Waals surface area contributed by atoms with Gasteiger partial charge in [-0.25, -0.2) is 0 Å². The van der Waals surface area contributed by atoms with E-state index in [1.807, 2.05) is 61.5 Å². The number of nitrogens with one attached hydrogen (secondary N) is 1. The first kappa shape index (κ1) is 15.4. The van der Waals surface area contributed by atoms with E-state index in [4.69, 9.17) is 12.2 Å². The number of anilines is 1. The van der Waals surface area contributed by atoms with Crippen LogP contribution in [0.1, 0.15) is 23.6 Å². The predicted molar refractivity (Wildman–Crippen MR) is 98.2 cm³/mol. The Morgan fingerprint density at radius 2 is 1.96 bits per heavy atom. The summed E-state index contributed by atoms with van der Waals surface area (Å²) in [5.74, 6) is -0.121. The maximum atomic E-state index is 12.7. The Labute approximate surface area is 141 Å². The van der Waals surface area contributed by atoms with Gasteiger partial charge < -0.3 is 5.32 Å². The number of thiocarbonyl (C=S) groups is 1. The van der Waals surface area contributed by atoms with Crippen LogP contribution in [0.15, 0.2) is 54.2 Å². The largest absolute Gasteiger partial charge is 0.327 e. The first-order chi connectivity index (χ1) is 11.1. The van der Waals surface area contributed by atoms with Gasteiger partial charge in [0.05, 0.1) is 5.69 Å². The zero-order chi connectivity index (χ0) is 16.4. The number of carbonyl (C=O) groups excluding carboxylic acids is 1. The summed E-state index contributed by atoms with van der Waals surface area (Å²) in [6.45, 7) is 4.11. The first-order valence-electron chi connectivity index (χ1n) is 7.61. The zero-order valence-electron chi connectivity index (χ0n) is 13.2. The van der Waals surface area contributed by atoms with E-state index in [9.17, 15) is 4.79 Å². The third kappa shape index (κ3) is 3.17. The fourth-order valence-corrected chi connectivity index (χ4v) is 2.91. The van der Waals surface area contributed by atoms with Gasteiger partial charge in [0.25, 0.3) is 5.91 Å². The molecule has 1 saturated heterocycles. The van der Waals surface area contributed by atoms with Crippen molar-refractivity contribution in [1.29, 1.82) is 0 Å². The van der Waals surface area contributed by atoms with Crippen molar-refractivity contribution >= 4 is 35.0 Å². The SMILES string of the molecule is CCc1cccc(N2C(=O)/C(=C\c3cccc(C)c3)NC2=S)c1. The molecule has 0 saturated carbocycles. The van der Waals surface area contributed by atoms with Crippen molar-refractivity contribution < 1.29 is 4.79 Å². The molecule has 1 fully saturated rings. The van der Waals surface area contributed by atoms with Gasteiger partial charge in [0.1, 0.15) is 5.70 Å². The topological polar surface area (TPSA) is 32.3 Å². The molecule has 0 bridgehead atoms. The first-order valence-corrected chi connectivity index (χ1v) is 8.02. The Morgan fingerprint density at radius 3 is 2.70 bits per heavy atom. The maximum Gasteiger partial charge on any atom is 0.281 e. The monoisotopic (exact) mass is 322 g/mol. The Hall–Kier alpha value is -2.46. The minimum Gasteiger partial charge on any atom is -0.327 e. The number of aryl methyl sites for hydroxylation is 2. The third-order valence-corrected chi connectivity index (χ3v) is 4.09. The van der Waals surface area contributed by atoms with Gasteiger partial charge in [-0.1, -0.05) is 48.9 Å². The number of carbonyl (C=O) groups is 1. The smallest absolute Gasteiger partial charge is 0.281 e. The van der Waals surface area contributed by atoms with Crippen molar-refractivity contribution in [3.05, 3.63) is 70.9 Å². The van der Waals surface area contributed by atoms with Crippen LogP contribution in [0.25, 0.3) is 6.08 Å². The second-order valence-corrected chi connectivity index (χ2v) is 5.95. The predicted octanol–water partition coefficient (Wildman–Crippen LogP) is 3.82. The van der Waals surface area contributed by atoms with Crippen molar-refractivity contribution in [3.8, 4) is 0 Å². The van der Waals surface area contributed by atoms with E-state index in [1.165, 1.54) is 5.56 Å². The highest BCUT2D eigenvalue weighted by Gasteiger charge is 2.31. The zero-order valence-corrected chi connectivity index (χ0v) is 14.0. The van der Waals surface area contributed by atoms with Crippen molar-refractivity contribution in [3.63, 3.8) is 0 Å². The van der Waals surface area contributed by atoms with Crippen LogP contribution in [0.2, 0.25) is 0 Å². The van der Waals surface area contributed by atoms with Gasteiger partial charge in [-0.05, 0) is 54.9 Å². The van der Waals surface area contributed by atoms with Crippen molar-refractivity contribution in [2.45, 2.75) is 20.3 Å². The van der Waals surface area contributed by atoms with Crippen molar-refractivity contribution in [2.75, 3.05) is 4.90 Å². The van der Waals surface area contributed by atoms with Gasteiger partial charge in [0, 0.05) is 0 Å². The van der Waals surface area contributed by atoms with E-state index >= 15 is 0 Å². The maximum absolute atomic E-state index is 12.7. The van der Waals surface area contributed by atoms with Crippen LogP contribution in [0.3, 0.4) is 0 Å². The van der Waals surface area contributed by atoms with E-state index in [1.54, 1.807) is 4.90 Å². The molecule has 3 rings (SSSR count). The molecule has 0 aliphatic carbocycles. The Bertz CT molecular complexity index is 811. The molecule has 0 aromatic heterocycles. The van der Waals surface area contributed by atoms with Crippen LogP contribution in [0.5, 0.6) is 0 Å². The molecule has 0 atom stereocenters. The van der Waals surface area contributed by atoms with Crippen LogP contribution in [0, 0.1) is 6.92 Å². The van der Waals surface area contributed by atoms with Gasteiger partial charge in [0.15, 0.2) is 5.11 Å². The molecule has 2 aromatic carbocycles. The molecular weight excluding hydrogens is 304 g/mol. The quantitative estimate of drug-likeness (QED) is 0.689. The molecule has 0 unspecified atom stereocenters. The van der Waals surface area contributed by atoms with E-state index in [-0.39, 0.29) is 5.91 Å². The number of benzene rings is 2. The summed E-state index contributed by atoms with van der Waals surface area (Å²) in [6, 6.07) is 15.9. The highest BCUT2D eigenvalue weighted by Crippen LogP contribution is 2.23. The Kier molecular flexibility index (Phi) is 4.26. The molecule has 4 heteroatoms. The number of nitrogens with zero attached hydrogens (tertiary/aromatic N) is 1. The molecule has 1 aliphatic rings. The molecule has 23 heavy (non-hydrogen) atoms. The lowest BCUT2D eigenvalue weighted by molar-refractivity contribution is -0.113. The fourth-order valence-electron chi connectivity index (χ4n) is 2.61. The Morgan fingerprint density at radius 1 is 1.17 bits per heavy atom. The average Bonchev–Trinajstić information content (AvgIpc) is 2.81. The summed E-state index contributed by atoms with van der Waals surface area (Å²) < 4.78 is 0. The summed E-state index contributed by atoms with van der Waals surface area (Å²) in [4.78, 5) is 14.3. The fraction of sp³-hybridized carbons (Fsp3) is 0.158. The highest BCUT2D eigenvalue weighted by atomic mass is 32.1. The average molecular weight is 322 g/mol. The second kappa shape index (κ2) is 6.34. The summed E-state index contributed by atoms with van der Waals surface area (Å²) in [5, 5.41) is 3.45. The van der Waals surface area contributed by atoms with Crippen molar-refractivity contribution in [2.24, 2.45) is 0 Å². The number of rotatable bonds is 3. The summed E-state index contributed by atoms with van der Waals surface area (Å²) >= 11 is 5.35. The molecule has 116 valence electrons. The standard InChI is InChI=1S/C19H18N2OS/c1-3-14-7-5-9-16(11-14)21-18(22)17(20-19(21)23)12-15-8-4-6-13(2)10-15/h4-12H,3H2,1-2H3,(H,20,23)/b17-12+. The van der Waals surface area contributed by atoms with Crippen LogP contribution < -0.4 is 10.2 Å². The summed E-state index contributed by atoms with van der Waals surface area (Å²) in [7, 11) is 0. The molecule has 0 spiro atoms. The van der Waals surface area contributed by atoms with Crippen LogP contribution in [0.4, 0.5) is 5.69 Å². The van der Waals surface area contributed by atoms with Gasteiger partial charge in [-0.15, -0.1) is 0 Å². The molecule has 0 radical (unpaired) electrons. The van der Waals surface area contributed by atoms with E-state index in [0.29, 0.717) is 10.8 Å². The minimum atomic E-state index is -0.121. The molecule has 1 amide bonds. The lowest BCUT2D eigenvalue weighted by Gasteiger charge is -2.14. The summed E-state index contributed by atoms with van der Waals surface area (Å²) in [5.41, 5.74) is 4.61. The summed E-state index contributed by atoms with van der Waals surface area (Å²) in [6.07, 6.45) is 2.76. The van der Waals surface area contributed by atoms with Gasteiger partial charge >= 0.3 is 0 Å². The lowest BCUT2D eigenvalue weighted by atomic mass is 10.1. The van der Waals surface area contributed by atoms with Crippen LogP contribution >= 0.6 is 12.2 Å². The number of hydrogen-bond donors (Lipinski definition) is 1. The number of amides is 1. The molecule has 3 nitrogen and oxygen atoms in total.